The van der Waals surface area contributed by atoms with Crippen LogP contribution >= 0.6 is 0 Å². The van der Waals surface area contributed by atoms with Crippen molar-refractivity contribution in [2.24, 2.45) is 5.92 Å². The Morgan fingerprint density at radius 1 is 1.30 bits per heavy atom. The van der Waals surface area contributed by atoms with Crippen molar-refractivity contribution in [2.45, 2.75) is 25.0 Å². The number of amides is 1. The van der Waals surface area contributed by atoms with Gasteiger partial charge >= 0.3 is 0 Å². The molecule has 7 heteroatoms. The van der Waals surface area contributed by atoms with Crippen molar-refractivity contribution in [1.29, 1.82) is 0 Å². The van der Waals surface area contributed by atoms with E-state index in [2.05, 4.69) is 9.97 Å². The highest BCUT2D eigenvalue weighted by atomic mass is 19.1. The molecule has 0 saturated carbocycles. The van der Waals surface area contributed by atoms with E-state index in [9.17, 15) is 9.18 Å². The van der Waals surface area contributed by atoms with Gasteiger partial charge in [-0.15, -0.1) is 0 Å². The number of halogens is 1. The van der Waals surface area contributed by atoms with Crippen LogP contribution in [0, 0.1) is 11.7 Å². The molecular formula is C20H22FN3O3. The summed E-state index contributed by atoms with van der Waals surface area (Å²) in [6, 6.07) is 8.15. The first kappa shape index (κ1) is 18.0. The minimum Gasteiger partial charge on any atom is -0.377 e. The van der Waals surface area contributed by atoms with Gasteiger partial charge in [-0.2, -0.15) is 0 Å². The molecule has 3 heterocycles. The minimum atomic E-state index is -0.243. The van der Waals surface area contributed by atoms with Crippen LogP contribution in [0.15, 0.2) is 42.7 Å². The van der Waals surface area contributed by atoms with E-state index < -0.39 is 0 Å². The first-order valence-corrected chi connectivity index (χ1v) is 9.16. The number of ether oxygens (including phenoxy) is 2. The van der Waals surface area contributed by atoms with Gasteiger partial charge in [0.1, 0.15) is 11.4 Å². The van der Waals surface area contributed by atoms with Gasteiger partial charge in [-0.05, 0) is 42.5 Å². The number of likely N-dealkylation sites (tertiary alicyclic amines) is 1. The fraction of sp³-hybridized carbons (Fsp3) is 0.450. The number of aromatic nitrogens is 2. The zero-order chi connectivity index (χ0) is 18.7. The van der Waals surface area contributed by atoms with Crippen LogP contribution in [0.1, 0.15) is 29.0 Å². The summed E-state index contributed by atoms with van der Waals surface area (Å²) < 4.78 is 24.8. The van der Waals surface area contributed by atoms with Crippen molar-refractivity contribution in [2.75, 3.05) is 26.3 Å². The Morgan fingerprint density at radius 2 is 2.11 bits per heavy atom. The Balaban J connectivity index is 1.18. The molecule has 1 aromatic carbocycles. The zero-order valence-corrected chi connectivity index (χ0v) is 15.0. The Hall–Kier alpha value is -2.38. The molecule has 1 amide bonds. The molecule has 0 aliphatic carbocycles. The summed E-state index contributed by atoms with van der Waals surface area (Å²) >= 11 is 0. The minimum absolute atomic E-state index is 0.147. The lowest BCUT2D eigenvalue weighted by atomic mass is 9.86. The van der Waals surface area contributed by atoms with Gasteiger partial charge in [-0.1, -0.05) is 12.1 Å². The van der Waals surface area contributed by atoms with Gasteiger partial charge in [-0.25, -0.2) is 14.4 Å². The molecule has 27 heavy (non-hydrogen) atoms. The number of hydrogen-bond donors (Lipinski definition) is 0. The van der Waals surface area contributed by atoms with Crippen molar-refractivity contribution >= 4 is 5.91 Å². The Kier molecular flexibility index (Phi) is 5.13. The number of carbonyl (C=O) groups excluding carboxylic acids is 1. The van der Waals surface area contributed by atoms with Crippen LogP contribution in [0.3, 0.4) is 0 Å². The van der Waals surface area contributed by atoms with Crippen molar-refractivity contribution < 1.29 is 18.7 Å². The van der Waals surface area contributed by atoms with Gasteiger partial charge in [0.2, 0.25) is 5.82 Å². The molecular weight excluding hydrogens is 349 g/mol. The molecule has 2 saturated heterocycles. The molecule has 0 bridgehead atoms. The second-order valence-corrected chi connectivity index (χ2v) is 7.27. The zero-order valence-electron chi connectivity index (χ0n) is 15.0. The molecule has 6 nitrogen and oxygen atoms in total. The lowest BCUT2D eigenvalue weighted by Gasteiger charge is -2.46. The quantitative estimate of drug-likeness (QED) is 0.730. The third-order valence-corrected chi connectivity index (χ3v) is 5.12. The predicted molar refractivity (Wildman–Crippen MR) is 95.4 cm³/mol. The third kappa shape index (κ3) is 4.14. The summed E-state index contributed by atoms with van der Waals surface area (Å²) in [5.74, 6) is 0.259. The fourth-order valence-corrected chi connectivity index (χ4v) is 3.76. The number of carbonyl (C=O) groups is 1. The second kappa shape index (κ2) is 7.70. The highest BCUT2D eigenvalue weighted by molar-refractivity contribution is 5.91. The van der Waals surface area contributed by atoms with Crippen LogP contribution in [-0.2, 0) is 16.1 Å². The van der Waals surface area contributed by atoms with Crippen LogP contribution in [0.5, 0.6) is 0 Å². The highest BCUT2D eigenvalue weighted by Crippen LogP contribution is 2.39. The smallest absolute Gasteiger partial charge is 0.291 e. The summed E-state index contributed by atoms with van der Waals surface area (Å²) in [5.41, 5.74) is 0.614. The van der Waals surface area contributed by atoms with E-state index in [0.717, 1.165) is 18.4 Å². The molecule has 1 aromatic heterocycles. The van der Waals surface area contributed by atoms with E-state index in [-0.39, 0.29) is 23.1 Å². The molecule has 1 unspecified atom stereocenters. The maximum Gasteiger partial charge on any atom is 0.291 e. The van der Waals surface area contributed by atoms with E-state index in [4.69, 9.17) is 9.47 Å². The van der Waals surface area contributed by atoms with Gasteiger partial charge in [0.25, 0.3) is 5.91 Å². The van der Waals surface area contributed by atoms with Crippen LogP contribution in [0.4, 0.5) is 4.39 Å². The molecule has 142 valence electrons. The normalized spacial score (nSPS) is 20.6. The second-order valence-electron chi connectivity index (χ2n) is 7.27. The van der Waals surface area contributed by atoms with Gasteiger partial charge in [0.15, 0.2) is 0 Å². The molecule has 1 atom stereocenters. The van der Waals surface area contributed by atoms with Gasteiger partial charge in [0, 0.05) is 19.0 Å². The summed E-state index contributed by atoms with van der Waals surface area (Å²) in [5, 5.41) is 0. The lowest BCUT2D eigenvalue weighted by molar-refractivity contribution is -0.0953. The van der Waals surface area contributed by atoms with E-state index in [1.54, 1.807) is 29.4 Å². The molecule has 1 spiro atoms. The topological polar surface area (TPSA) is 64.6 Å². The monoisotopic (exact) mass is 371 g/mol. The predicted octanol–water partition coefficient (Wildman–Crippen LogP) is 2.45. The molecule has 2 aliphatic heterocycles. The van der Waals surface area contributed by atoms with Crippen molar-refractivity contribution in [3.63, 3.8) is 0 Å². The van der Waals surface area contributed by atoms with E-state index in [1.807, 2.05) is 6.07 Å². The average Bonchev–Trinajstić information content (AvgIpc) is 3.09. The third-order valence-electron chi connectivity index (χ3n) is 5.12. The number of rotatable bonds is 6. The van der Waals surface area contributed by atoms with Crippen LogP contribution in [-0.4, -0.2) is 52.7 Å². The van der Waals surface area contributed by atoms with Gasteiger partial charge < -0.3 is 14.4 Å². The van der Waals surface area contributed by atoms with Gasteiger partial charge in [-0.3, -0.25) is 4.79 Å². The van der Waals surface area contributed by atoms with E-state index >= 15 is 0 Å². The Labute approximate surface area is 157 Å². The Bertz CT molecular complexity index is 796. The molecule has 2 aromatic rings. The van der Waals surface area contributed by atoms with E-state index in [0.29, 0.717) is 38.8 Å². The number of benzene rings is 1. The average molecular weight is 371 g/mol. The molecule has 4 rings (SSSR count). The van der Waals surface area contributed by atoms with Crippen LogP contribution < -0.4 is 0 Å². The number of nitrogens with zero attached hydrogens (tertiary/aromatic N) is 3. The molecule has 0 N–H and O–H groups in total. The Morgan fingerprint density at radius 3 is 2.89 bits per heavy atom. The van der Waals surface area contributed by atoms with Crippen molar-refractivity contribution in [3.05, 3.63) is 59.9 Å². The van der Waals surface area contributed by atoms with Crippen LogP contribution in [0.25, 0.3) is 0 Å². The van der Waals surface area contributed by atoms with Crippen molar-refractivity contribution in [1.82, 2.24) is 14.9 Å². The molecule has 0 radical (unpaired) electrons. The standard InChI is InChI=1S/C20H22FN3O3/c21-17-4-1-3-15(9-17)11-26-8-5-16-10-20(27-12-16)13-24(14-20)19(25)18-22-6-2-7-23-18/h1-4,6-7,9,16H,5,8,10-14H2. The highest BCUT2D eigenvalue weighted by Gasteiger charge is 2.51. The van der Waals surface area contributed by atoms with Gasteiger partial charge in [0.05, 0.1) is 26.3 Å². The first-order chi connectivity index (χ1) is 13.1. The first-order valence-electron chi connectivity index (χ1n) is 9.16. The number of hydrogen-bond acceptors (Lipinski definition) is 5. The molecule has 2 fully saturated rings. The maximum atomic E-state index is 13.1. The summed E-state index contributed by atoms with van der Waals surface area (Å²) in [6.45, 7) is 2.89. The summed E-state index contributed by atoms with van der Waals surface area (Å²) in [7, 11) is 0. The fourth-order valence-electron chi connectivity index (χ4n) is 3.76. The SMILES string of the molecule is O=C(c1ncccn1)N1CC2(CC(CCOCc3cccc(F)c3)CO2)C1. The lowest BCUT2D eigenvalue weighted by Crippen LogP contribution is -2.63. The summed E-state index contributed by atoms with van der Waals surface area (Å²) in [6.07, 6.45) is 4.96. The van der Waals surface area contributed by atoms with E-state index in [1.165, 1.54) is 12.1 Å². The van der Waals surface area contributed by atoms with Crippen LogP contribution in [0.2, 0.25) is 0 Å². The van der Waals surface area contributed by atoms with Crippen molar-refractivity contribution in [3.8, 4) is 0 Å². The maximum absolute atomic E-state index is 13.1. The largest absolute Gasteiger partial charge is 0.377 e. The summed E-state index contributed by atoms with van der Waals surface area (Å²) in [4.78, 5) is 22.1. The molecule has 2 aliphatic rings.